The first kappa shape index (κ1) is 16.5. The van der Waals surface area contributed by atoms with Crippen molar-refractivity contribution in [1.82, 2.24) is 0 Å². The maximum absolute atomic E-state index is 11.9. The number of aromatic hydroxyl groups is 1. The minimum Gasteiger partial charge on any atom is -0.508 e. The molecule has 0 aliphatic carbocycles. The lowest BCUT2D eigenvalue weighted by atomic mass is 9.73. The summed E-state index contributed by atoms with van der Waals surface area (Å²) in [6.07, 6.45) is 2.63. The summed E-state index contributed by atoms with van der Waals surface area (Å²) < 4.78 is 5.06. The third kappa shape index (κ3) is 3.02. The van der Waals surface area contributed by atoms with E-state index in [1.165, 1.54) is 0 Å². The molecule has 1 unspecified atom stereocenters. The highest BCUT2D eigenvalue weighted by Crippen LogP contribution is 2.46. The molecule has 0 bridgehead atoms. The second-order valence-electron chi connectivity index (χ2n) is 5.75. The molecule has 4 nitrogen and oxygen atoms in total. The molecule has 0 fully saturated rings. The van der Waals surface area contributed by atoms with Crippen molar-refractivity contribution in [1.29, 1.82) is 0 Å². The molecule has 0 saturated carbocycles. The molecular weight excluding hydrogens is 326 g/mol. The number of hydrogen-bond acceptors (Lipinski definition) is 4. The van der Waals surface area contributed by atoms with Crippen molar-refractivity contribution in [2.45, 2.75) is 25.2 Å². The standard InChI is InChI=1S/C19H18ClNO3/c1-2-24-18(23)8-9-19(13-4-3-5-14(20)10-13)12-21-17-11-15(22)6-7-16(17)19/h3-7,10-12,22H,2,8-9H2,1H3. The largest absolute Gasteiger partial charge is 0.508 e. The highest BCUT2D eigenvalue weighted by molar-refractivity contribution is 6.30. The Morgan fingerprint density at radius 2 is 2.12 bits per heavy atom. The van der Waals surface area contributed by atoms with E-state index in [0.717, 1.165) is 11.1 Å². The summed E-state index contributed by atoms with van der Waals surface area (Å²) in [6, 6.07) is 12.7. The van der Waals surface area contributed by atoms with E-state index in [-0.39, 0.29) is 18.1 Å². The van der Waals surface area contributed by atoms with Crippen LogP contribution in [0.2, 0.25) is 5.02 Å². The summed E-state index contributed by atoms with van der Waals surface area (Å²) in [4.78, 5) is 16.3. The van der Waals surface area contributed by atoms with Crippen LogP contribution in [0.15, 0.2) is 47.5 Å². The number of benzene rings is 2. The minimum atomic E-state index is -0.555. The quantitative estimate of drug-likeness (QED) is 0.819. The van der Waals surface area contributed by atoms with Gasteiger partial charge in [-0.05, 0) is 42.7 Å². The molecule has 0 aromatic heterocycles. The third-order valence-corrected chi connectivity index (χ3v) is 4.49. The highest BCUT2D eigenvalue weighted by Gasteiger charge is 2.38. The van der Waals surface area contributed by atoms with Crippen molar-refractivity contribution in [3.63, 3.8) is 0 Å². The number of phenolic OH excluding ortho intramolecular Hbond substituents is 1. The fourth-order valence-electron chi connectivity index (χ4n) is 3.13. The smallest absolute Gasteiger partial charge is 0.305 e. The summed E-state index contributed by atoms with van der Waals surface area (Å²) in [5.41, 5.74) is 2.07. The summed E-state index contributed by atoms with van der Waals surface area (Å²) in [6.45, 7) is 2.15. The van der Waals surface area contributed by atoms with Crippen LogP contribution in [-0.4, -0.2) is 23.9 Å². The van der Waals surface area contributed by atoms with Gasteiger partial charge >= 0.3 is 5.97 Å². The van der Waals surface area contributed by atoms with Crippen LogP contribution in [0.25, 0.3) is 0 Å². The number of ether oxygens (including phenoxy) is 1. The molecule has 2 aromatic rings. The number of nitrogens with zero attached hydrogens (tertiary/aromatic N) is 1. The lowest BCUT2D eigenvalue weighted by Gasteiger charge is -2.28. The fraction of sp³-hybridized carbons (Fsp3) is 0.263. The van der Waals surface area contributed by atoms with E-state index >= 15 is 0 Å². The number of hydrogen-bond donors (Lipinski definition) is 1. The van der Waals surface area contributed by atoms with Crippen LogP contribution in [0.3, 0.4) is 0 Å². The molecule has 24 heavy (non-hydrogen) atoms. The van der Waals surface area contributed by atoms with E-state index in [1.807, 2.05) is 36.5 Å². The first-order valence-electron chi connectivity index (χ1n) is 7.85. The molecule has 1 aliphatic rings. The normalized spacial score (nSPS) is 18.4. The van der Waals surface area contributed by atoms with Crippen LogP contribution < -0.4 is 0 Å². The van der Waals surface area contributed by atoms with Crippen LogP contribution in [0.4, 0.5) is 5.69 Å². The molecule has 1 heterocycles. The van der Waals surface area contributed by atoms with Crippen molar-refractivity contribution in [2.24, 2.45) is 4.99 Å². The van der Waals surface area contributed by atoms with Gasteiger partial charge < -0.3 is 9.84 Å². The Hall–Kier alpha value is -2.33. The number of halogens is 1. The van der Waals surface area contributed by atoms with E-state index in [9.17, 15) is 9.90 Å². The summed E-state index contributed by atoms with van der Waals surface area (Å²) in [7, 11) is 0. The Bertz CT molecular complexity index is 803. The number of aliphatic imine (C=N–C) groups is 1. The average Bonchev–Trinajstić information content (AvgIpc) is 2.92. The van der Waals surface area contributed by atoms with Gasteiger partial charge in [0.1, 0.15) is 5.75 Å². The van der Waals surface area contributed by atoms with Crippen LogP contribution in [0.1, 0.15) is 30.9 Å². The molecule has 1 N–H and O–H groups in total. The van der Waals surface area contributed by atoms with Gasteiger partial charge in [-0.2, -0.15) is 0 Å². The van der Waals surface area contributed by atoms with Crippen molar-refractivity contribution in [2.75, 3.05) is 6.61 Å². The molecule has 1 atom stereocenters. The maximum Gasteiger partial charge on any atom is 0.305 e. The van der Waals surface area contributed by atoms with Gasteiger partial charge in [-0.3, -0.25) is 9.79 Å². The molecule has 3 rings (SSSR count). The van der Waals surface area contributed by atoms with Crippen LogP contribution in [0.5, 0.6) is 5.75 Å². The number of carbonyl (C=O) groups excluding carboxylic acids is 1. The molecule has 1 aliphatic heterocycles. The Kier molecular flexibility index (Phi) is 4.58. The number of carbonyl (C=O) groups is 1. The van der Waals surface area contributed by atoms with Gasteiger partial charge in [-0.15, -0.1) is 0 Å². The predicted octanol–water partition coefficient (Wildman–Crippen LogP) is 4.39. The molecule has 0 amide bonds. The Labute approximate surface area is 145 Å². The summed E-state index contributed by atoms with van der Waals surface area (Å²) >= 11 is 6.17. The van der Waals surface area contributed by atoms with Gasteiger partial charge in [-0.1, -0.05) is 29.8 Å². The Morgan fingerprint density at radius 3 is 2.88 bits per heavy atom. The summed E-state index contributed by atoms with van der Waals surface area (Å²) in [5, 5.41) is 10.3. The second-order valence-corrected chi connectivity index (χ2v) is 6.18. The van der Waals surface area contributed by atoms with Gasteiger partial charge in [0.15, 0.2) is 0 Å². The van der Waals surface area contributed by atoms with E-state index in [4.69, 9.17) is 16.3 Å². The van der Waals surface area contributed by atoms with Gasteiger partial charge in [0.2, 0.25) is 0 Å². The SMILES string of the molecule is CCOC(=O)CCC1(c2cccc(Cl)c2)C=Nc2cc(O)ccc21. The molecule has 0 saturated heterocycles. The number of esters is 1. The number of fused-ring (bicyclic) bond motifs is 1. The zero-order chi connectivity index (χ0) is 17.2. The zero-order valence-electron chi connectivity index (χ0n) is 13.3. The molecule has 0 spiro atoms. The van der Waals surface area contributed by atoms with Crippen molar-refractivity contribution >= 4 is 29.5 Å². The minimum absolute atomic E-state index is 0.165. The van der Waals surface area contributed by atoms with E-state index in [2.05, 4.69) is 4.99 Å². The molecule has 0 radical (unpaired) electrons. The third-order valence-electron chi connectivity index (χ3n) is 4.25. The highest BCUT2D eigenvalue weighted by atomic mass is 35.5. The molecular formula is C19H18ClNO3. The lowest BCUT2D eigenvalue weighted by molar-refractivity contribution is -0.143. The van der Waals surface area contributed by atoms with Crippen LogP contribution in [-0.2, 0) is 14.9 Å². The fourth-order valence-corrected chi connectivity index (χ4v) is 3.32. The lowest BCUT2D eigenvalue weighted by Crippen LogP contribution is -2.28. The van der Waals surface area contributed by atoms with Crippen LogP contribution >= 0.6 is 11.6 Å². The first-order chi connectivity index (χ1) is 11.5. The molecule has 5 heteroatoms. The Balaban J connectivity index is 2.04. The number of rotatable bonds is 5. The van der Waals surface area contributed by atoms with Crippen molar-refractivity contribution in [3.8, 4) is 5.75 Å². The van der Waals surface area contributed by atoms with Gasteiger partial charge in [0.05, 0.1) is 17.7 Å². The predicted molar refractivity (Wildman–Crippen MR) is 94.4 cm³/mol. The molecule has 2 aromatic carbocycles. The van der Waals surface area contributed by atoms with E-state index in [1.54, 1.807) is 19.1 Å². The van der Waals surface area contributed by atoms with Crippen molar-refractivity contribution < 1.29 is 14.6 Å². The first-order valence-corrected chi connectivity index (χ1v) is 8.23. The van der Waals surface area contributed by atoms with Gasteiger partial charge in [0, 0.05) is 23.7 Å². The monoisotopic (exact) mass is 343 g/mol. The maximum atomic E-state index is 11.9. The zero-order valence-corrected chi connectivity index (χ0v) is 14.1. The number of phenols is 1. The van der Waals surface area contributed by atoms with Crippen molar-refractivity contribution in [3.05, 3.63) is 58.6 Å². The van der Waals surface area contributed by atoms with E-state index < -0.39 is 5.41 Å². The second kappa shape index (κ2) is 6.65. The van der Waals surface area contributed by atoms with Gasteiger partial charge in [0.25, 0.3) is 0 Å². The topological polar surface area (TPSA) is 58.9 Å². The Morgan fingerprint density at radius 1 is 1.29 bits per heavy atom. The van der Waals surface area contributed by atoms with Crippen LogP contribution in [0, 0.1) is 0 Å². The summed E-state index contributed by atoms with van der Waals surface area (Å²) in [5.74, 6) is -0.0716. The van der Waals surface area contributed by atoms with E-state index in [0.29, 0.717) is 23.7 Å². The average molecular weight is 344 g/mol. The van der Waals surface area contributed by atoms with Gasteiger partial charge in [-0.25, -0.2) is 0 Å². The molecule has 124 valence electrons.